The first kappa shape index (κ1) is 19.5. The second-order valence-electron chi connectivity index (χ2n) is 6.89. The van der Waals surface area contributed by atoms with E-state index in [4.69, 9.17) is 10.1 Å². The molecule has 2 fully saturated rings. The Morgan fingerprint density at radius 2 is 2.24 bits per heavy atom. The minimum absolute atomic E-state index is 0.143. The molecule has 0 bridgehead atoms. The van der Waals surface area contributed by atoms with Crippen LogP contribution in [0.4, 0.5) is 5.69 Å². The van der Waals surface area contributed by atoms with Gasteiger partial charge in [0.1, 0.15) is 6.04 Å². The first-order chi connectivity index (χ1) is 14.2. The molecule has 0 spiro atoms. The van der Waals surface area contributed by atoms with E-state index >= 15 is 0 Å². The molecule has 1 aromatic heterocycles. The summed E-state index contributed by atoms with van der Waals surface area (Å²) in [7, 11) is 0. The van der Waals surface area contributed by atoms with E-state index in [1.54, 1.807) is 12.3 Å². The largest absolute Gasteiger partial charge is 0.343 e. The number of rotatable bonds is 4. The number of thioether (sulfide) groups is 1. The SMILES string of the molecule is N#C[C@@H]1CSCN1C(=O)CNC(=O)c1ccnc2ccc(N3CCCCO3)cc12. The van der Waals surface area contributed by atoms with E-state index < -0.39 is 6.04 Å². The number of benzene rings is 1. The van der Waals surface area contributed by atoms with E-state index in [9.17, 15) is 9.59 Å². The fraction of sp³-hybridized carbons (Fsp3) is 0.400. The monoisotopic (exact) mass is 411 g/mol. The van der Waals surface area contributed by atoms with E-state index in [1.807, 2.05) is 23.3 Å². The summed E-state index contributed by atoms with van der Waals surface area (Å²) in [5.41, 5.74) is 2.03. The normalized spacial score (nSPS) is 19.2. The summed E-state index contributed by atoms with van der Waals surface area (Å²) in [6, 6.07) is 9.03. The lowest BCUT2D eigenvalue weighted by Gasteiger charge is -2.28. The zero-order valence-corrected chi connectivity index (χ0v) is 16.7. The van der Waals surface area contributed by atoms with Gasteiger partial charge in [0.05, 0.1) is 41.9 Å². The average molecular weight is 411 g/mol. The summed E-state index contributed by atoms with van der Waals surface area (Å²) < 4.78 is 0. The number of nitriles is 1. The molecule has 8 nitrogen and oxygen atoms in total. The third-order valence-corrected chi connectivity index (χ3v) is 6.02. The van der Waals surface area contributed by atoms with Crippen LogP contribution in [-0.4, -0.2) is 59.1 Å². The molecule has 0 unspecified atom stereocenters. The van der Waals surface area contributed by atoms with Crippen LogP contribution in [0.5, 0.6) is 0 Å². The molecule has 1 aromatic carbocycles. The lowest BCUT2D eigenvalue weighted by Crippen LogP contribution is -2.42. The highest BCUT2D eigenvalue weighted by atomic mass is 32.2. The van der Waals surface area contributed by atoms with Crippen molar-refractivity contribution in [3.63, 3.8) is 0 Å². The number of aromatic nitrogens is 1. The third kappa shape index (κ3) is 4.13. The van der Waals surface area contributed by atoms with Crippen LogP contribution in [0.2, 0.25) is 0 Å². The molecule has 1 N–H and O–H groups in total. The van der Waals surface area contributed by atoms with Crippen LogP contribution in [0.1, 0.15) is 23.2 Å². The van der Waals surface area contributed by atoms with E-state index in [0.717, 1.165) is 25.1 Å². The highest BCUT2D eigenvalue weighted by Gasteiger charge is 2.29. The molecule has 0 saturated carbocycles. The molecule has 29 heavy (non-hydrogen) atoms. The smallest absolute Gasteiger partial charge is 0.252 e. The van der Waals surface area contributed by atoms with Gasteiger partial charge in [0.25, 0.3) is 5.91 Å². The second kappa shape index (κ2) is 8.68. The van der Waals surface area contributed by atoms with E-state index in [0.29, 0.717) is 34.7 Å². The Morgan fingerprint density at radius 1 is 1.34 bits per heavy atom. The quantitative estimate of drug-likeness (QED) is 0.821. The maximum atomic E-state index is 12.8. The molecule has 2 amide bonds. The lowest BCUT2D eigenvalue weighted by molar-refractivity contribution is -0.129. The Balaban J connectivity index is 1.51. The van der Waals surface area contributed by atoms with Gasteiger partial charge in [-0.3, -0.25) is 24.5 Å². The Labute approximate surface area is 172 Å². The summed E-state index contributed by atoms with van der Waals surface area (Å²) in [5, 5.41) is 14.4. The Morgan fingerprint density at radius 3 is 3.03 bits per heavy atom. The first-order valence-electron chi connectivity index (χ1n) is 9.51. The number of hydrogen-bond acceptors (Lipinski definition) is 7. The van der Waals surface area contributed by atoms with Crippen molar-refractivity contribution in [1.29, 1.82) is 5.26 Å². The number of hydrogen-bond donors (Lipinski definition) is 1. The average Bonchev–Trinajstić information content (AvgIpc) is 3.26. The summed E-state index contributed by atoms with van der Waals surface area (Å²) in [4.78, 5) is 36.7. The van der Waals surface area contributed by atoms with Crippen molar-refractivity contribution in [3.05, 3.63) is 36.0 Å². The van der Waals surface area contributed by atoms with Crippen molar-refractivity contribution >= 4 is 40.2 Å². The van der Waals surface area contributed by atoms with E-state index in [2.05, 4.69) is 16.4 Å². The highest BCUT2D eigenvalue weighted by molar-refractivity contribution is 7.99. The molecule has 2 saturated heterocycles. The predicted octanol–water partition coefficient (Wildman–Crippen LogP) is 1.92. The molecule has 3 heterocycles. The summed E-state index contributed by atoms with van der Waals surface area (Å²) >= 11 is 1.54. The van der Waals surface area contributed by atoms with Crippen molar-refractivity contribution < 1.29 is 14.4 Å². The fourth-order valence-corrected chi connectivity index (χ4v) is 4.54. The van der Waals surface area contributed by atoms with Crippen molar-refractivity contribution in [2.75, 3.05) is 36.4 Å². The summed E-state index contributed by atoms with van der Waals surface area (Å²) in [6.07, 6.45) is 3.67. The molecule has 0 aliphatic carbocycles. The minimum Gasteiger partial charge on any atom is -0.343 e. The van der Waals surface area contributed by atoms with Crippen LogP contribution >= 0.6 is 11.8 Å². The number of fused-ring (bicyclic) bond motifs is 1. The van der Waals surface area contributed by atoms with Crippen molar-refractivity contribution in [1.82, 2.24) is 15.2 Å². The standard InChI is InChI=1S/C20H21N5O3S/c21-10-15-12-29-13-24(15)19(26)11-23-20(27)16-5-6-22-18-4-3-14(9-17(16)18)25-7-1-2-8-28-25/h3-6,9,15H,1-2,7-8,11-13H2,(H,23,27)/t15-/m1/s1. The number of nitrogens with one attached hydrogen (secondary N) is 1. The fourth-order valence-electron chi connectivity index (χ4n) is 3.44. The topological polar surface area (TPSA) is 98.6 Å². The van der Waals surface area contributed by atoms with Crippen molar-refractivity contribution in [2.24, 2.45) is 0 Å². The van der Waals surface area contributed by atoms with Gasteiger partial charge in [-0.1, -0.05) is 0 Å². The lowest BCUT2D eigenvalue weighted by atomic mass is 10.1. The van der Waals surface area contributed by atoms with Crippen LogP contribution in [-0.2, 0) is 9.63 Å². The molecule has 4 rings (SSSR count). The van der Waals surface area contributed by atoms with Gasteiger partial charge in [0.15, 0.2) is 0 Å². The predicted molar refractivity (Wildman–Crippen MR) is 110 cm³/mol. The van der Waals surface area contributed by atoms with Gasteiger partial charge < -0.3 is 10.2 Å². The van der Waals surface area contributed by atoms with Crippen LogP contribution in [0.3, 0.4) is 0 Å². The molecule has 0 radical (unpaired) electrons. The Kier molecular flexibility index (Phi) is 5.83. The number of amides is 2. The first-order valence-corrected chi connectivity index (χ1v) is 10.7. The Bertz CT molecular complexity index is 970. The van der Waals surface area contributed by atoms with Gasteiger partial charge in [-0.15, -0.1) is 11.8 Å². The molecule has 2 aliphatic heterocycles. The number of carbonyl (C=O) groups excluding carboxylic acids is 2. The Hall–Kier alpha value is -2.83. The highest BCUT2D eigenvalue weighted by Crippen LogP contribution is 2.26. The van der Waals surface area contributed by atoms with Gasteiger partial charge >= 0.3 is 0 Å². The zero-order valence-electron chi connectivity index (χ0n) is 15.8. The maximum absolute atomic E-state index is 12.8. The summed E-state index contributed by atoms with van der Waals surface area (Å²) in [5.74, 6) is 0.482. The van der Waals surface area contributed by atoms with Gasteiger partial charge in [0.2, 0.25) is 5.91 Å². The van der Waals surface area contributed by atoms with Crippen LogP contribution in [0.25, 0.3) is 10.9 Å². The molecular formula is C20H21N5O3S. The van der Waals surface area contributed by atoms with Gasteiger partial charge in [-0.05, 0) is 37.1 Å². The number of pyridine rings is 1. The number of hydroxylamine groups is 1. The number of nitrogens with zero attached hydrogens (tertiary/aromatic N) is 4. The molecule has 150 valence electrons. The van der Waals surface area contributed by atoms with Gasteiger partial charge in [-0.25, -0.2) is 0 Å². The number of anilines is 1. The van der Waals surface area contributed by atoms with Gasteiger partial charge in [-0.2, -0.15) is 5.26 Å². The minimum atomic E-state index is -0.432. The van der Waals surface area contributed by atoms with Gasteiger partial charge in [0, 0.05) is 23.9 Å². The second-order valence-corrected chi connectivity index (χ2v) is 7.89. The zero-order chi connectivity index (χ0) is 20.2. The third-order valence-electron chi connectivity index (χ3n) is 5.01. The molecule has 1 atom stereocenters. The molecular weight excluding hydrogens is 390 g/mol. The van der Waals surface area contributed by atoms with Crippen LogP contribution in [0.15, 0.2) is 30.5 Å². The summed E-state index contributed by atoms with van der Waals surface area (Å²) in [6.45, 7) is 1.34. The van der Waals surface area contributed by atoms with E-state index in [1.165, 1.54) is 16.7 Å². The van der Waals surface area contributed by atoms with Crippen LogP contribution in [0, 0.1) is 11.3 Å². The van der Waals surface area contributed by atoms with E-state index in [-0.39, 0.29) is 18.4 Å². The van der Waals surface area contributed by atoms with Crippen molar-refractivity contribution in [2.45, 2.75) is 18.9 Å². The molecule has 2 aliphatic rings. The number of carbonyl (C=O) groups is 2. The maximum Gasteiger partial charge on any atom is 0.252 e. The van der Waals surface area contributed by atoms with Crippen LogP contribution < -0.4 is 10.4 Å². The molecule has 2 aromatic rings. The molecule has 9 heteroatoms. The van der Waals surface area contributed by atoms with Crippen molar-refractivity contribution in [3.8, 4) is 6.07 Å².